The van der Waals surface area contributed by atoms with Crippen molar-refractivity contribution < 1.29 is 31.6 Å². The minimum atomic E-state index is -0.117. The lowest BCUT2D eigenvalue weighted by Crippen LogP contribution is -3.14. The summed E-state index contributed by atoms with van der Waals surface area (Å²) >= 11 is 0. The van der Waals surface area contributed by atoms with Crippen LogP contribution in [0.3, 0.4) is 0 Å². The number of carbonyl (C=O) groups excluding carboxylic acids is 1. The monoisotopic (exact) mass is 299 g/mol. The van der Waals surface area contributed by atoms with Crippen molar-refractivity contribution >= 4 is 5.97 Å². The van der Waals surface area contributed by atoms with Gasteiger partial charge in [-0.2, -0.15) is 0 Å². The summed E-state index contributed by atoms with van der Waals surface area (Å²) in [6.07, 6.45) is 12.3. The molecule has 1 aliphatic heterocycles. The highest BCUT2D eigenvalue weighted by molar-refractivity contribution is 5.70. The van der Waals surface area contributed by atoms with Crippen LogP contribution in [0.25, 0.3) is 0 Å². The molecule has 2 aliphatic rings. The van der Waals surface area contributed by atoms with E-state index in [4.69, 9.17) is 9.47 Å². The molecule has 0 saturated carbocycles. The second kappa shape index (κ2) is 9.75. The van der Waals surface area contributed by atoms with E-state index in [1.807, 2.05) is 36.5 Å². The summed E-state index contributed by atoms with van der Waals surface area (Å²) in [5, 5.41) is 0. The molecule has 0 atom stereocenters. The minimum Gasteiger partial charge on any atom is -1.00 e. The first-order valence-electron chi connectivity index (χ1n) is 6.93. The third-order valence-electron chi connectivity index (χ3n) is 3.37. The zero-order valence-corrected chi connectivity index (χ0v) is 12.3. The van der Waals surface area contributed by atoms with Crippen molar-refractivity contribution in [2.24, 2.45) is 5.92 Å². The van der Waals surface area contributed by atoms with Gasteiger partial charge in [-0.1, -0.05) is 36.5 Å². The maximum Gasteiger partial charge on any atom is 0.306 e. The molecule has 1 heterocycles. The number of hydrogen-bond donors (Lipinski definition) is 1. The van der Waals surface area contributed by atoms with Gasteiger partial charge in [0.2, 0.25) is 0 Å². The number of halogens is 1. The molecule has 1 N–H and O–H groups in total. The quantitative estimate of drug-likeness (QED) is 0.555. The number of allylic oxidation sites excluding steroid dienone is 6. The molecule has 0 spiro atoms. The smallest absolute Gasteiger partial charge is 0.306 e. The van der Waals surface area contributed by atoms with E-state index in [1.165, 1.54) is 4.90 Å². The lowest BCUT2D eigenvalue weighted by Gasteiger charge is -2.23. The first-order chi connectivity index (χ1) is 9.34. The second-order valence-electron chi connectivity index (χ2n) is 4.86. The van der Waals surface area contributed by atoms with Crippen LogP contribution >= 0.6 is 0 Å². The van der Waals surface area contributed by atoms with E-state index < -0.39 is 0 Å². The molecule has 1 aliphatic carbocycles. The molecule has 0 bridgehead atoms. The molecule has 20 heavy (non-hydrogen) atoms. The van der Waals surface area contributed by atoms with E-state index in [0.717, 1.165) is 32.8 Å². The van der Waals surface area contributed by atoms with E-state index >= 15 is 0 Å². The molecule has 1 fully saturated rings. The number of nitrogens with one attached hydrogen (secondary N) is 1. The van der Waals surface area contributed by atoms with Gasteiger partial charge >= 0.3 is 5.97 Å². The lowest BCUT2D eigenvalue weighted by molar-refractivity contribution is -0.908. The third-order valence-corrected chi connectivity index (χ3v) is 3.37. The van der Waals surface area contributed by atoms with Crippen LogP contribution < -0.4 is 17.3 Å². The van der Waals surface area contributed by atoms with Crippen LogP contribution in [-0.2, 0) is 14.3 Å². The Morgan fingerprint density at radius 3 is 2.45 bits per heavy atom. The lowest BCUT2D eigenvalue weighted by atomic mass is 10.1. The number of rotatable bonds is 5. The van der Waals surface area contributed by atoms with Gasteiger partial charge in [-0.05, 0) is 0 Å². The number of carbonyl (C=O) groups is 1. The Morgan fingerprint density at radius 1 is 1.15 bits per heavy atom. The second-order valence-corrected chi connectivity index (χ2v) is 4.86. The fourth-order valence-corrected chi connectivity index (χ4v) is 2.21. The first-order valence-corrected chi connectivity index (χ1v) is 6.93. The fraction of sp³-hybridized carbons (Fsp3) is 0.533. The van der Waals surface area contributed by atoms with Crippen molar-refractivity contribution in [2.75, 3.05) is 39.5 Å². The average Bonchev–Trinajstić information content (AvgIpc) is 2.68. The Morgan fingerprint density at radius 2 is 1.80 bits per heavy atom. The topological polar surface area (TPSA) is 40.0 Å². The summed E-state index contributed by atoms with van der Waals surface area (Å²) in [5.41, 5.74) is 0. The molecule has 0 unspecified atom stereocenters. The summed E-state index contributed by atoms with van der Waals surface area (Å²) in [4.78, 5) is 13.2. The zero-order valence-electron chi connectivity index (χ0n) is 11.6. The van der Waals surface area contributed by atoms with Crippen molar-refractivity contribution in [1.82, 2.24) is 0 Å². The van der Waals surface area contributed by atoms with Crippen molar-refractivity contribution in [3.05, 3.63) is 36.5 Å². The van der Waals surface area contributed by atoms with Gasteiger partial charge in [-0.25, -0.2) is 0 Å². The highest BCUT2D eigenvalue weighted by Gasteiger charge is 2.15. The van der Waals surface area contributed by atoms with Gasteiger partial charge in [0.15, 0.2) is 0 Å². The van der Waals surface area contributed by atoms with E-state index in [0.29, 0.717) is 13.0 Å². The van der Waals surface area contributed by atoms with Crippen molar-refractivity contribution in [1.29, 1.82) is 0 Å². The molecule has 0 aromatic heterocycles. The van der Waals surface area contributed by atoms with Gasteiger partial charge in [0, 0.05) is 5.92 Å². The van der Waals surface area contributed by atoms with Crippen LogP contribution in [0.4, 0.5) is 0 Å². The number of esters is 1. The largest absolute Gasteiger partial charge is 1.00 e. The highest BCUT2D eigenvalue weighted by atomic mass is 35.5. The Bertz CT molecular complexity index is 357. The predicted octanol–water partition coefficient (Wildman–Crippen LogP) is -2.86. The van der Waals surface area contributed by atoms with Gasteiger partial charge in [0.25, 0.3) is 0 Å². The molecule has 112 valence electrons. The van der Waals surface area contributed by atoms with Crippen LogP contribution in [0.5, 0.6) is 0 Å². The summed E-state index contributed by atoms with van der Waals surface area (Å²) < 4.78 is 10.6. The molecule has 0 aromatic carbocycles. The van der Waals surface area contributed by atoms with E-state index in [-0.39, 0.29) is 24.3 Å². The average molecular weight is 300 g/mol. The molecule has 4 nitrogen and oxygen atoms in total. The summed E-state index contributed by atoms with van der Waals surface area (Å²) in [5.74, 6) is 0.0343. The van der Waals surface area contributed by atoms with Crippen LogP contribution in [0, 0.1) is 5.92 Å². The zero-order chi connectivity index (χ0) is 13.3. The van der Waals surface area contributed by atoms with E-state index in [9.17, 15) is 4.79 Å². The Kier molecular flexibility index (Phi) is 8.26. The molecular formula is C15H22ClNO3. The Hall–Kier alpha value is -1.10. The van der Waals surface area contributed by atoms with Crippen LogP contribution in [0.2, 0.25) is 0 Å². The van der Waals surface area contributed by atoms with Gasteiger partial charge in [0.1, 0.15) is 26.2 Å². The number of ether oxygens (including phenoxy) is 2. The van der Waals surface area contributed by atoms with E-state index in [1.54, 1.807) is 0 Å². The summed E-state index contributed by atoms with van der Waals surface area (Å²) in [7, 11) is 0. The van der Waals surface area contributed by atoms with Gasteiger partial charge < -0.3 is 26.8 Å². The highest BCUT2D eigenvalue weighted by Crippen LogP contribution is 2.11. The fourth-order valence-electron chi connectivity index (χ4n) is 2.21. The molecule has 0 radical (unpaired) electrons. The molecule has 0 amide bonds. The van der Waals surface area contributed by atoms with Gasteiger partial charge in [0.05, 0.1) is 19.6 Å². The van der Waals surface area contributed by atoms with Crippen molar-refractivity contribution in [3.63, 3.8) is 0 Å². The molecule has 0 aromatic rings. The van der Waals surface area contributed by atoms with Crippen LogP contribution in [0.1, 0.15) is 6.42 Å². The number of hydrogen-bond acceptors (Lipinski definition) is 3. The maximum atomic E-state index is 11.7. The number of morpholine rings is 1. The molecule has 2 rings (SSSR count). The summed E-state index contributed by atoms with van der Waals surface area (Å²) in [6.45, 7) is 5.04. The number of quaternary nitrogens is 1. The molecular weight excluding hydrogens is 278 g/mol. The van der Waals surface area contributed by atoms with Crippen molar-refractivity contribution in [2.45, 2.75) is 6.42 Å². The Balaban J connectivity index is 0.00000200. The van der Waals surface area contributed by atoms with Crippen LogP contribution in [-0.4, -0.2) is 45.4 Å². The van der Waals surface area contributed by atoms with Gasteiger partial charge in [-0.3, -0.25) is 4.79 Å². The van der Waals surface area contributed by atoms with Gasteiger partial charge in [-0.15, -0.1) is 0 Å². The van der Waals surface area contributed by atoms with Crippen LogP contribution in [0.15, 0.2) is 36.5 Å². The first kappa shape index (κ1) is 17.0. The van der Waals surface area contributed by atoms with Crippen molar-refractivity contribution in [3.8, 4) is 0 Å². The standard InChI is InChI=1S/C15H21NO3.ClH/c17-15(13-14-5-3-1-2-4-6-14)19-12-9-16-7-10-18-11-8-16;/h1-6,14H,7-13H2;1H. The van der Waals surface area contributed by atoms with E-state index in [2.05, 4.69) is 0 Å². The minimum absolute atomic E-state index is 0. The Labute approximate surface area is 126 Å². The SMILES string of the molecule is O=C(CC1C=CC=CC=C1)OCC[NH+]1CCOCC1.[Cl-]. The predicted molar refractivity (Wildman–Crippen MR) is 72.9 cm³/mol. The maximum absolute atomic E-state index is 11.7. The molecule has 1 saturated heterocycles. The summed E-state index contributed by atoms with van der Waals surface area (Å²) in [6, 6.07) is 0. The third kappa shape index (κ3) is 6.37. The molecule has 5 heteroatoms. The normalized spacial score (nSPS) is 19.4.